The number of allylic oxidation sites excluding steroid dienone is 4. The number of carbonyl (C=O) groups is 1. The highest BCUT2D eigenvalue weighted by atomic mass is 16.3. The minimum Gasteiger partial charge on any atom is -0.393 e. The molecule has 0 aromatic carbocycles. The fourth-order valence-corrected chi connectivity index (χ4v) is 5.50. The molecule has 2 nitrogen and oxygen atoms in total. The first kappa shape index (κ1) is 12.8. The van der Waals surface area contributed by atoms with Gasteiger partial charge < -0.3 is 5.11 Å². The van der Waals surface area contributed by atoms with Crippen LogP contribution in [-0.2, 0) is 4.79 Å². The second-order valence-corrected chi connectivity index (χ2v) is 7.49. The molecule has 4 aliphatic rings. The lowest BCUT2D eigenvalue weighted by Crippen LogP contribution is -2.42. The summed E-state index contributed by atoms with van der Waals surface area (Å²) in [5.41, 5.74) is 4.69. The molecular weight excluding hydrogens is 248 g/mol. The van der Waals surface area contributed by atoms with E-state index in [0.717, 1.165) is 32.1 Å². The van der Waals surface area contributed by atoms with Gasteiger partial charge in [0.2, 0.25) is 0 Å². The number of fused-ring (bicyclic) bond motifs is 4. The van der Waals surface area contributed by atoms with Gasteiger partial charge in [-0.2, -0.15) is 0 Å². The summed E-state index contributed by atoms with van der Waals surface area (Å²) in [6.07, 6.45) is 10.2. The van der Waals surface area contributed by atoms with E-state index < -0.39 is 0 Å². The van der Waals surface area contributed by atoms with Crippen LogP contribution in [0.3, 0.4) is 0 Å². The predicted octanol–water partition coefficient (Wildman–Crippen LogP) is 3.55. The van der Waals surface area contributed by atoms with Crippen molar-refractivity contribution in [1.29, 1.82) is 0 Å². The number of ketones is 1. The Balaban J connectivity index is 1.74. The van der Waals surface area contributed by atoms with Gasteiger partial charge in [-0.25, -0.2) is 0 Å². The van der Waals surface area contributed by atoms with Gasteiger partial charge in [0.05, 0.1) is 6.10 Å². The summed E-state index contributed by atoms with van der Waals surface area (Å²) >= 11 is 0. The van der Waals surface area contributed by atoms with Crippen LogP contribution >= 0.6 is 0 Å². The molecule has 0 saturated heterocycles. The quantitative estimate of drug-likeness (QED) is 0.732. The van der Waals surface area contributed by atoms with Gasteiger partial charge >= 0.3 is 0 Å². The van der Waals surface area contributed by atoms with E-state index in [1.807, 2.05) is 6.08 Å². The number of hydrogen-bond donors (Lipinski definition) is 1. The predicted molar refractivity (Wildman–Crippen MR) is 78.1 cm³/mol. The molecule has 4 atom stereocenters. The lowest BCUT2D eigenvalue weighted by molar-refractivity contribution is -0.114. The number of aliphatic hydroxyl groups excluding tert-OH is 1. The molecule has 0 radical (unpaired) electrons. The third kappa shape index (κ3) is 1.64. The van der Waals surface area contributed by atoms with Crippen LogP contribution in [0.4, 0.5) is 0 Å². The lowest BCUT2D eigenvalue weighted by atomic mass is 9.57. The molecule has 4 aliphatic carbocycles. The fraction of sp³-hybridized carbons (Fsp3) is 0.722. The van der Waals surface area contributed by atoms with E-state index in [1.54, 1.807) is 5.57 Å². The molecular formula is C18H24O2. The van der Waals surface area contributed by atoms with Crippen LogP contribution < -0.4 is 0 Å². The van der Waals surface area contributed by atoms with Crippen molar-refractivity contribution in [2.45, 2.75) is 64.4 Å². The van der Waals surface area contributed by atoms with Gasteiger partial charge in [-0.3, -0.25) is 4.79 Å². The highest BCUT2D eigenvalue weighted by Gasteiger charge is 2.53. The second kappa shape index (κ2) is 4.30. The minimum atomic E-state index is -0.0936. The van der Waals surface area contributed by atoms with Crippen LogP contribution in [0.2, 0.25) is 0 Å². The normalized spacial score (nSPS) is 43.8. The zero-order valence-electron chi connectivity index (χ0n) is 12.3. The molecule has 0 amide bonds. The summed E-state index contributed by atoms with van der Waals surface area (Å²) in [6, 6.07) is 0. The first-order valence-electron chi connectivity index (χ1n) is 8.23. The Morgan fingerprint density at radius 2 is 2.00 bits per heavy atom. The van der Waals surface area contributed by atoms with Crippen molar-refractivity contribution in [2.24, 2.45) is 17.3 Å². The van der Waals surface area contributed by atoms with E-state index in [1.165, 1.54) is 24.0 Å². The maximum atomic E-state index is 11.6. The van der Waals surface area contributed by atoms with Crippen molar-refractivity contribution >= 4 is 5.78 Å². The molecule has 2 heteroatoms. The molecule has 0 aliphatic heterocycles. The van der Waals surface area contributed by atoms with E-state index >= 15 is 0 Å². The summed E-state index contributed by atoms with van der Waals surface area (Å²) in [6.45, 7) is 2.31. The highest BCUT2D eigenvalue weighted by Crippen LogP contribution is 2.59. The Kier molecular flexibility index (Phi) is 2.76. The van der Waals surface area contributed by atoms with Gasteiger partial charge in [-0.05, 0) is 79.4 Å². The van der Waals surface area contributed by atoms with Crippen LogP contribution in [0.1, 0.15) is 58.3 Å². The maximum Gasteiger partial charge on any atom is 0.156 e. The third-order valence-electron chi connectivity index (χ3n) is 6.68. The minimum absolute atomic E-state index is 0.0936. The largest absolute Gasteiger partial charge is 0.393 e. The summed E-state index contributed by atoms with van der Waals surface area (Å²) in [5, 5.41) is 10.4. The molecule has 2 fully saturated rings. The zero-order chi connectivity index (χ0) is 13.9. The number of carbonyl (C=O) groups excluding carboxylic acids is 1. The molecule has 0 bridgehead atoms. The highest BCUT2D eigenvalue weighted by molar-refractivity contribution is 5.93. The second-order valence-electron chi connectivity index (χ2n) is 7.49. The summed E-state index contributed by atoms with van der Waals surface area (Å²) in [5.74, 6) is 1.68. The van der Waals surface area contributed by atoms with E-state index in [-0.39, 0.29) is 11.5 Å². The van der Waals surface area contributed by atoms with Crippen LogP contribution in [0, 0.1) is 17.3 Å². The molecule has 0 aromatic heterocycles. The Labute approximate surface area is 120 Å². The Bertz CT molecular complexity index is 528. The molecule has 108 valence electrons. The van der Waals surface area contributed by atoms with Gasteiger partial charge in [-0.15, -0.1) is 0 Å². The van der Waals surface area contributed by atoms with Crippen molar-refractivity contribution in [3.05, 3.63) is 22.8 Å². The van der Waals surface area contributed by atoms with E-state index in [4.69, 9.17) is 0 Å². The van der Waals surface area contributed by atoms with Crippen LogP contribution in [0.25, 0.3) is 0 Å². The SMILES string of the molecule is C[C@]12CCC3=C4CCC(=O)C=C4CC[C@@H]3[C@H]1CC[C@H]2O. The summed E-state index contributed by atoms with van der Waals surface area (Å²) in [4.78, 5) is 11.6. The number of aliphatic hydroxyl groups is 1. The molecule has 1 N–H and O–H groups in total. The summed E-state index contributed by atoms with van der Waals surface area (Å²) < 4.78 is 0. The lowest BCUT2D eigenvalue weighted by Gasteiger charge is -2.48. The van der Waals surface area contributed by atoms with Crippen molar-refractivity contribution < 1.29 is 9.90 Å². The van der Waals surface area contributed by atoms with Crippen LogP contribution in [-0.4, -0.2) is 17.0 Å². The molecule has 0 spiro atoms. The first-order chi connectivity index (χ1) is 9.59. The fourth-order valence-electron chi connectivity index (χ4n) is 5.50. The Morgan fingerprint density at radius 1 is 1.15 bits per heavy atom. The number of hydrogen-bond acceptors (Lipinski definition) is 2. The van der Waals surface area contributed by atoms with Crippen LogP contribution in [0.5, 0.6) is 0 Å². The van der Waals surface area contributed by atoms with E-state index in [0.29, 0.717) is 24.0 Å². The molecule has 0 unspecified atom stereocenters. The van der Waals surface area contributed by atoms with Crippen molar-refractivity contribution in [2.75, 3.05) is 0 Å². The van der Waals surface area contributed by atoms with Gasteiger partial charge in [0.15, 0.2) is 5.78 Å². The first-order valence-corrected chi connectivity index (χ1v) is 8.23. The van der Waals surface area contributed by atoms with Crippen molar-refractivity contribution in [1.82, 2.24) is 0 Å². The summed E-state index contributed by atoms with van der Waals surface area (Å²) in [7, 11) is 0. The third-order valence-corrected chi connectivity index (χ3v) is 6.68. The standard InChI is InChI=1S/C18H24O2/c1-18-9-8-14-13-5-3-12(19)10-11(13)2-4-15(14)16(18)6-7-17(18)20/h10,15-17,20H,2-9H2,1H3/t15-,16+,17+,18-/m0/s1. The van der Waals surface area contributed by atoms with Gasteiger partial charge in [-0.1, -0.05) is 12.5 Å². The Hall–Kier alpha value is -0.890. The number of rotatable bonds is 0. The molecule has 0 heterocycles. The maximum absolute atomic E-state index is 11.6. The molecule has 20 heavy (non-hydrogen) atoms. The van der Waals surface area contributed by atoms with Crippen molar-refractivity contribution in [3.63, 3.8) is 0 Å². The zero-order valence-corrected chi connectivity index (χ0v) is 12.3. The Morgan fingerprint density at radius 3 is 2.85 bits per heavy atom. The van der Waals surface area contributed by atoms with E-state index in [2.05, 4.69) is 6.92 Å². The van der Waals surface area contributed by atoms with Crippen LogP contribution in [0.15, 0.2) is 22.8 Å². The molecule has 2 saturated carbocycles. The topological polar surface area (TPSA) is 37.3 Å². The smallest absolute Gasteiger partial charge is 0.156 e. The van der Waals surface area contributed by atoms with Crippen molar-refractivity contribution in [3.8, 4) is 0 Å². The van der Waals surface area contributed by atoms with Gasteiger partial charge in [0.1, 0.15) is 0 Å². The van der Waals surface area contributed by atoms with Gasteiger partial charge in [0, 0.05) is 6.42 Å². The monoisotopic (exact) mass is 272 g/mol. The van der Waals surface area contributed by atoms with Gasteiger partial charge in [0.25, 0.3) is 0 Å². The van der Waals surface area contributed by atoms with E-state index in [9.17, 15) is 9.90 Å². The average Bonchev–Trinajstić information content (AvgIpc) is 2.74. The average molecular weight is 272 g/mol. The molecule has 4 rings (SSSR count). The molecule has 0 aromatic rings.